The van der Waals surface area contributed by atoms with Crippen molar-refractivity contribution >= 4 is 22.9 Å². The predicted molar refractivity (Wildman–Crippen MR) is 69.2 cm³/mol. The van der Waals surface area contributed by atoms with Crippen LogP contribution < -0.4 is 5.32 Å². The van der Waals surface area contributed by atoms with Crippen molar-refractivity contribution in [1.82, 2.24) is 10.2 Å². The van der Waals surface area contributed by atoms with Gasteiger partial charge in [0, 0.05) is 36.6 Å². The fraction of sp³-hybridized carbons (Fsp3) is 0.667. The number of thiophene rings is 1. The number of halogens is 1. The van der Waals surface area contributed by atoms with E-state index in [2.05, 4.69) is 16.3 Å². The van der Waals surface area contributed by atoms with Crippen molar-refractivity contribution in [3.63, 3.8) is 0 Å². The van der Waals surface area contributed by atoms with Crippen LogP contribution in [-0.4, -0.2) is 30.1 Å². The highest BCUT2D eigenvalue weighted by Gasteiger charge is 2.33. The summed E-state index contributed by atoms with van der Waals surface area (Å²) in [5.74, 6) is 0. The number of likely N-dealkylation sites (tertiary alicyclic amines) is 1. The molecule has 1 aliphatic carbocycles. The van der Waals surface area contributed by atoms with Gasteiger partial charge in [0.15, 0.2) is 0 Å². The Balaban J connectivity index is 1.45. The van der Waals surface area contributed by atoms with Gasteiger partial charge in [0.25, 0.3) is 0 Å². The lowest BCUT2D eigenvalue weighted by Gasteiger charge is -2.15. The van der Waals surface area contributed by atoms with Crippen LogP contribution in [0.5, 0.6) is 0 Å². The molecule has 0 bridgehead atoms. The van der Waals surface area contributed by atoms with Gasteiger partial charge in [-0.3, -0.25) is 4.90 Å². The first-order valence-corrected chi connectivity index (χ1v) is 7.22. The molecule has 1 aromatic heterocycles. The van der Waals surface area contributed by atoms with Gasteiger partial charge in [-0.15, -0.1) is 11.3 Å². The molecule has 1 unspecified atom stereocenters. The summed E-state index contributed by atoms with van der Waals surface area (Å²) in [6.45, 7) is 3.50. The zero-order valence-electron chi connectivity index (χ0n) is 9.29. The van der Waals surface area contributed by atoms with Crippen molar-refractivity contribution < 1.29 is 0 Å². The maximum absolute atomic E-state index is 5.91. The molecule has 1 saturated carbocycles. The molecule has 4 heteroatoms. The molecule has 0 radical (unpaired) electrons. The Morgan fingerprint density at radius 3 is 2.94 bits per heavy atom. The maximum Gasteiger partial charge on any atom is 0.0931 e. The molecule has 1 atom stereocenters. The predicted octanol–water partition coefficient (Wildman–Crippen LogP) is 2.73. The zero-order valence-corrected chi connectivity index (χ0v) is 10.9. The summed E-state index contributed by atoms with van der Waals surface area (Å²) < 4.78 is 0.892. The standard InChI is InChI=1S/C12H17ClN2S/c13-12-4-3-11(16-12)7-14-9-5-6-15(8-9)10-1-2-10/h3-4,9-10,14H,1-2,5-8H2. The third-order valence-corrected chi connectivity index (χ3v) is 4.71. The molecule has 0 aromatic carbocycles. The Morgan fingerprint density at radius 2 is 2.25 bits per heavy atom. The van der Waals surface area contributed by atoms with Crippen molar-refractivity contribution in [3.05, 3.63) is 21.3 Å². The second-order valence-corrected chi connectivity index (χ2v) is 6.60. The van der Waals surface area contributed by atoms with Crippen molar-refractivity contribution in [2.75, 3.05) is 13.1 Å². The van der Waals surface area contributed by atoms with Gasteiger partial charge in [-0.2, -0.15) is 0 Å². The van der Waals surface area contributed by atoms with E-state index in [4.69, 9.17) is 11.6 Å². The molecular formula is C12H17ClN2S. The first kappa shape index (κ1) is 11.0. The van der Waals surface area contributed by atoms with E-state index in [0.717, 1.165) is 16.9 Å². The molecule has 2 fully saturated rings. The number of nitrogens with zero attached hydrogens (tertiary/aromatic N) is 1. The average Bonchev–Trinajstić information content (AvgIpc) is 2.87. The normalized spacial score (nSPS) is 26.4. The Kier molecular flexibility index (Phi) is 3.20. The summed E-state index contributed by atoms with van der Waals surface area (Å²) in [7, 11) is 0. The number of rotatable bonds is 4. The first-order chi connectivity index (χ1) is 7.81. The fourth-order valence-corrected chi connectivity index (χ4v) is 3.46. The van der Waals surface area contributed by atoms with Gasteiger partial charge in [-0.05, 0) is 31.4 Å². The summed E-state index contributed by atoms with van der Waals surface area (Å²) in [5, 5.41) is 3.63. The molecule has 1 N–H and O–H groups in total. The van der Waals surface area contributed by atoms with Crippen LogP contribution in [0.1, 0.15) is 24.1 Å². The van der Waals surface area contributed by atoms with Crippen LogP contribution in [0.25, 0.3) is 0 Å². The molecule has 1 aliphatic heterocycles. The van der Waals surface area contributed by atoms with Gasteiger partial charge in [-0.1, -0.05) is 11.6 Å². The van der Waals surface area contributed by atoms with E-state index in [1.165, 1.54) is 37.2 Å². The number of hydrogen-bond donors (Lipinski definition) is 1. The van der Waals surface area contributed by atoms with E-state index >= 15 is 0 Å². The summed E-state index contributed by atoms with van der Waals surface area (Å²) in [6, 6.07) is 5.70. The molecule has 2 nitrogen and oxygen atoms in total. The average molecular weight is 257 g/mol. The monoisotopic (exact) mass is 256 g/mol. The van der Waals surface area contributed by atoms with E-state index < -0.39 is 0 Å². The van der Waals surface area contributed by atoms with Crippen LogP contribution in [0.3, 0.4) is 0 Å². The highest BCUT2D eigenvalue weighted by molar-refractivity contribution is 7.16. The molecule has 2 heterocycles. The van der Waals surface area contributed by atoms with E-state index in [9.17, 15) is 0 Å². The van der Waals surface area contributed by atoms with Crippen LogP contribution in [-0.2, 0) is 6.54 Å². The van der Waals surface area contributed by atoms with Crippen molar-refractivity contribution in [1.29, 1.82) is 0 Å². The summed E-state index contributed by atoms with van der Waals surface area (Å²) >= 11 is 7.59. The molecule has 16 heavy (non-hydrogen) atoms. The van der Waals surface area contributed by atoms with E-state index in [1.807, 2.05) is 6.07 Å². The van der Waals surface area contributed by atoms with Crippen LogP contribution in [0, 0.1) is 0 Å². The first-order valence-electron chi connectivity index (χ1n) is 6.03. The quantitative estimate of drug-likeness (QED) is 0.891. The minimum atomic E-state index is 0.682. The Labute approximate surface area is 106 Å². The van der Waals surface area contributed by atoms with Gasteiger partial charge in [0.1, 0.15) is 0 Å². The molecule has 3 rings (SSSR count). The Hall–Kier alpha value is -0.0900. The smallest absolute Gasteiger partial charge is 0.0931 e. The third kappa shape index (κ3) is 2.59. The number of nitrogens with one attached hydrogen (secondary N) is 1. The fourth-order valence-electron chi connectivity index (χ4n) is 2.42. The van der Waals surface area contributed by atoms with Gasteiger partial charge in [0.2, 0.25) is 0 Å². The summed E-state index contributed by atoms with van der Waals surface area (Å²) in [5.41, 5.74) is 0. The highest BCUT2D eigenvalue weighted by Crippen LogP contribution is 2.30. The van der Waals surface area contributed by atoms with Crippen LogP contribution in [0.15, 0.2) is 12.1 Å². The van der Waals surface area contributed by atoms with E-state index in [-0.39, 0.29) is 0 Å². The van der Waals surface area contributed by atoms with E-state index in [1.54, 1.807) is 11.3 Å². The summed E-state index contributed by atoms with van der Waals surface area (Å²) in [4.78, 5) is 3.98. The summed E-state index contributed by atoms with van der Waals surface area (Å²) in [6.07, 6.45) is 4.15. The van der Waals surface area contributed by atoms with Crippen molar-refractivity contribution in [2.24, 2.45) is 0 Å². The third-order valence-electron chi connectivity index (χ3n) is 3.48. The lowest BCUT2D eigenvalue weighted by molar-refractivity contribution is 0.317. The molecule has 88 valence electrons. The zero-order chi connectivity index (χ0) is 11.0. The molecule has 1 saturated heterocycles. The molecule has 2 aliphatic rings. The van der Waals surface area contributed by atoms with Gasteiger partial charge >= 0.3 is 0 Å². The lowest BCUT2D eigenvalue weighted by atomic mass is 10.2. The van der Waals surface area contributed by atoms with Crippen molar-refractivity contribution in [3.8, 4) is 0 Å². The second kappa shape index (κ2) is 4.65. The second-order valence-electron chi connectivity index (χ2n) is 4.80. The molecule has 0 spiro atoms. The molecule has 0 amide bonds. The van der Waals surface area contributed by atoms with Gasteiger partial charge in [0.05, 0.1) is 4.34 Å². The minimum absolute atomic E-state index is 0.682. The Morgan fingerprint density at radius 1 is 1.38 bits per heavy atom. The van der Waals surface area contributed by atoms with Crippen LogP contribution >= 0.6 is 22.9 Å². The SMILES string of the molecule is Clc1ccc(CNC2CCN(C3CC3)C2)s1. The molecule has 1 aromatic rings. The highest BCUT2D eigenvalue weighted by atomic mass is 35.5. The van der Waals surface area contributed by atoms with Gasteiger partial charge in [-0.25, -0.2) is 0 Å². The topological polar surface area (TPSA) is 15.3 Å². The van der Waals surface area contributed by atoms with Gasteiger partial charge < -0.3 is 5.32 Å². The van der Waals surface area contributed by atoms with E-state index in [0.29, 0.717) is 6.04 Å². The Bertz CT molecular complexity index is 362. The largest absolute Gasteiger partial charge is 0.308 e. The molecular weight excluding hydrogens is 240 g/mol. The van der Waals surface area contributed by atoms with Crippen molar-refractivity contribution in [2.45, 2.75) is 37.9 Å². The minimum Gasteiger partial charge on any atom is -0.308 e. The lowest BCUT2D eigenvalue weighted by Crippen LogP contribution is -2.32. The van der Waals surface area contributed by atoms with Crippen LogP contribution in [0.4, 0.5) is 0 Å². The number of hydrogen-bond acceptors (Lipinski definition) is 3. The maximum atomic E-state index is 5.91. The van der Waals surface area contributed by atoms with Crippen LogP contribution in [0.2, 0.25) is 4.34 Å².